The van der Waals surface area contributed by atoms with Gasteiger partial charge >= 0.3 is 0 Å². The Bertz CT molecular complexity index is 443. The maximum Gasteiger partial charge on any atom is 0.224 e. The quantitative estimate of drug-likeness (QED) is 0.865. The Morgan fingerprint density at radius 1 is 1.29 bits per heavy atom. The highest BCUT2D eigenvalue weighted by Crippen LogP contribution is 2.38. The van der Waals surface area contributed by atoms with Crippen molar-refractivity contribution in [3.63, 3.8) is 0 Å². The summed E-state index contributed by atoms with van der Waals surface area (Å²) in [6.07, 6.45) is 2.76. The summed E-state index contributed by atoms with van der Waals surface area (Å²) < 4.78 is 10.5. The van der Waals surface area contributed by atoms with E-state index in [0.717, 1.165) is 30.4 Å². The molecule has 1 unspecified atom stereocenters. The molecule has 1 aliphatic rings. The van der Waals surface area contributed by atoms with Gasteiger partial charge in [-0.2, -0.15) is 0 Å². The molecular formula is C13H17NO3. The SMILES string of the molecule is COc1cc2c(cc1OC)C(C(N)=O)CCC2. The lowest BCUT2D eigenvalue weighted by Gasteiger charge is -2.24. The van der Waals surface area contributed by atoms with Gasteiger partial charge in [0.1, 0.15) is 0 Å². The van der Waals surface area contributed by atoms with Crippen LogP contribution in [0.15, 0.2) is 12.1 Å². The number of carbonyl (C=O) groups is 1. The number of methoxy groups -OCH3 is 2. The second kappa shape index (κ2) is 4.65. The molecule has 0 bridgehead atoms. The second-order valence-corrected chi connectivity index (χ2v) is 4.25. The predicted octanol–water partition coefficient (Wildman–Crippen LogP) is 1.61. The molecule has 1 aromatic carbocycles. The number of aryl methyl sites for hydroxylation is 1. The van der Waals surface area contributed by atoms with Gasteiger partial charge in [-0.15, -0.1) is 0 Å². The molecule has 0 fully saturated rings. The molecule has 0 saturated heterocycles. The zero-order chi connectivity index (χ0) is 12.4. The number of amides is 1. The first kappa shape index (κ1) is 11.8. The fourth-order valence-electron chi connectivity index (χ4n) is 2.43. The van der Waals surface area contributed by atoms with Gasteiger partial charge in [0.15, 0.2) is 11.5 Å². The molecule has 2 N–H and O–H groups in total. The molecule has 0 saturated carbocycles. The van der Waals surface area contributed by atoms with E-state index in [2.05, 4.69) is 0 Å². The molecular weight excluding hydrogens is 218 g/mol. The van der Waals surface area contributed by atoms with Gasteiger partial charge < -0.3 is 15.2 Å². The van der Waals surface area contributed by atoms with Crippen molar-refractivity contribution in [2.45, 2.75) is 25.2 Å². The van der Waals surface area contributed by atoms with Gasteiger partial charge in [0.05, 0.1) is 20.1 Å². The molecule has 17 heavy (non-hydrogen) atoms. The van der Waals surface area contributed by atoms with E-state index in [1.807, 2.05) is 12.1 Å². The zero-order valence-corrected chi connectivity index (χ0v) is 10.2. The van der Waals surface area contributed by atoms with Gasteiger partial charge in [0, 0.05) is 0 Å². The summed E-state index contributed by atoms with van der Waals surface area (Å²) in [5, 5.41) is 0. The molecule has 2 rings (SSSR count). The van der Waals surface area contributed by atoms with Crippen LogP contribution in [-0.2, 0) is 11.2 Å². The molecule has 1 aliphatic carbocycles. The van der Waals surface area contributed by atoms with Crippen molar-refractivity contribution in [1.29, 1.82) is 0 Å². The summed E-state index contributed by atoms with van der Waals surface area (Å²) in [7, 11) is 3.20. The zero-order valence-electron chi connectivity index (χ0n) is 10.2. The molecule has 1 atom stereocenters. The lowest BCUT2D eigenvalue weighted by molar-refractivity contribution is -0.119. The molecule has 0 aliphatic heterocycles. The predicted molar refractivity (Wildman–Crippen MR) is 64.4 cm³/mol. The van der Waals surface area contributed by atoms with Crippen LogP contribution in [0.4, 0.5) is 0 Å². The van der Waals surface area contributed by atoms with E-state index in [9.17, 15) is 4.79 Å². The Morgan fingerprint density at radius 3 is 2.53 bits per heavy atom. The fraction of sp³-hybridized carbons (Fsp3) is 0.462. The third-order valence-electron chi connectivity index (χ3n) is 3.30. The van der Waals surface area contributed by atoms with Gasteiger partial charge in [-0.05, 0) is 42.5 Å². The van der Waals surface area contributed by atoms with Crippen molar-refractivity contribution in [3.05, 3.63) is 23.3 Å². The number of hydrogen-bond acceptors (Lipinski definition) is 3. The number of carbonyl (C=O) groups excluding carboxylic acids is 1. The second-order valence-electron chi connectivity index (χ2n) is 4.25. The van der Waals surface area contributed by atoms with E-state index >= 15 is 0 Å². The molecule has 92 valence electrons. The summed E-state index contributed by atoms with van der Waals surface area (Å²) in [4.78, 5) is 11.4. The number of primary amides is 1. The van der Waals surface area contributed by atoms with E-state index in [1.54, 1.807) is 14.2 Å². The van der Waals surface area contributed by atoms with Gasteiger partial charge in [0.2, 0.25) is 5.91 Å². The van der Waals surface area contributed by atoms with Crippen molar-refractivity contribution in [1.82, 2.24) is 0 Å². The minimum atomic E-state index is -0.266. The van der Waals surface area contributed by atoms with E-state index in [0.29, 0.717) is 11.5 Å². The Balaban J connectivity index is 2.50. The molecule has 4 heteroatoms. The van der Waals surface area contributed by atoms with Gasteiger partial charge in [-0.1, -0.05) is 0 Å². The van der Waals surface area contributed by atoms with Crippen LogP contribution in [0.5, 0.6) is 11.5 Å². The first-order valence-corrected chi connectivity index (χ1v) is 5.71. The standard InChI is InChI=1S/C13H17NO3/c1-16-11-6-8-4-3-5-9(13(14)15)10(8)7-12(11)17-2/h6-7,9H,3-5H2,1-2H3,(H2,14,15). The van der Waals surface area contributed by atoms with Crippen LogP contribution in [0.25, 0.3) is 0 Å². The topological polar surface area (TPSA) is 61.6 Å². The summed E-state index contributed by atoms with van der Waals surface area (Å²) in [6.45, 7) is 0. The van der Waals surface area contributed by atoms with Crippen LogP contribution < -0.4 is 15.2 Å². The molecule has 0 spiro atoms. The average Bonchev–Trinajstić information content (AvgIpc) is 2.35. The number of fused-ring (bicyclic) bond motifs is 1. The number of hydrogen-bond donors (Lipinski definition) is 1. The number of rotatable bonds is 3. The van der Waals surface area contributed by atoms with E-state index in [1.165, 1.54) is 0 Å². The maximum absolute atomic E-state index is 11.4. The first-order chi connectivity index (χ1) is 8.17. The Labute approximate surface area is 101 Å². The van der Waals surface area contributed by atoms with Crippen molar-refractivity contribution in [2.24, 2.45) is 5.73 Å². The monoisotopic (exact) mass is 235 g/mol. The normalized spacial score (nSPS) is 18.4. The van der Waals surface area contributed by atoms with Crippen LogP contribution >= 0.6 is 0 Å². The number of benzene rings is 1. The largest absolute Gasteiger partial charge is 0.493 e. The first-order valence-electron chi connectivity index (χ1n) is 5.71. The highest BCUT2D eigenvalue weighted by molar-refractivity contribution is 5.83. The summed E-state index contributed by atoms with van der Waals surface area (Å²) >= 11 is 0. The Hall–Kier alpha value is -1.71. The van der Waals surface area contributed by atoms with Crippen LogP contribution in [-0.4, -0.2) is 20.1 Å². The van der Waals surface area contributed by atoms with Crippen molar-refractivity contribution >= 4 is 5.91 Å². The van der Waals surface area contributed by atoms with E-state index in [-0.39, 0.29) is 11.8 Å². The van der Waals surface area contributed by atoms with E-state index in [4.69, 9.17) is 15.2 Å². The van der Waals surface area contributed by atoms with Crippen molar-refractivity contribution in [2.75, 3.05) is 14.2 Å². The molecule has 1 amide bonds. The summed E-state index contributed by atoms with van der Waals surface area (Å²) in [6, 6.07) is 3.83. The highest BCUT2D eigenvalue weighted by Gasteiger charge is 2.26. The fourth-order valence-corrected chi connectivity index (χ4v) is 2.43. The van der Waals surface area contributed by atoms with Crippen molar-refractivity contribution in [3.8, 4) is 11.5 Å². The van der Waals surface area contributed by atoms with Crippen molar-refractivity contribution < 1.29 is 14.3 Å². The average molecular weight is 235 g/mol. The summed E-state index contributed by atoms with van der Waals surface area (Å²) in [5.41, 5.74) is 7.56. The van der Waals surface area contributed by atoms with Gasteiger partial charge in [-0.25, -0.2) is 0 Å². The van der Waals surface area contributed by atoms with E-state index < -0.39 is 0 Å². The lowest BCUT2D eigenvalue weighted by atomic mass is 9.82. The third kappa shape index (κ3) is 2.07. The number of nitrogens with two attached hydrogens (primary N) is 1. The Kier molecular flexibility index (Phi) is 3.22. The van der Waals surface area contributed by atoms with Crippen LogP contribution in [0.2, 0.25) is 0 Å². The third-order valence-corrected chi connectivity index (χ3v) is 3.30. The maximum atomic E-state index is 11.4. The van der Waals surface area contributed by atoms with Gasteiger partial charge in [0.25, 0.3) is 0 Å². The molecule has 0 heterocycles. The van der Waals surface area contributed by atoms with Crippen LogP contribution in [0.1, 0.15) is 29.9 Å². The Morgan fingerprint density at radius 2 is 1.94 bits per heavy atom. The molecule has 0 radical (unpaired) electrons. The molecule has 1 aromatic rings. The minimum Gasteiger partial charge on any atom is -0.493 e. The minimum absolute atomic E-state index is 0.196. The number of ether oxygens (including phenoxy) is 2. The van der Waals surface area contributed by atoms with Gasteiger partial charge in [-0.3, -0.25) is 4.79 Å². The van der Waals surface area contributed by atoms with Crippen LogP contribution in [0, 0.1) is 0 Å². The molecule has 4 nitrogen and oxygen atoms in total. The molecule has 0 aromatic heterocycles. The smallest absolute Gasteiger partial charge is 0.224 e. The highest BCUT2D eigenvalue weighted by atomic mass is 16.5. The summed E-state index contributed by atoms with van der Waals surface area (Å²) in [5.74, 6) is 0.896. The van der Waals surface area contributed by atoms with Crippen LogP contribution in [0.3, 0.4) is 0 Å². The lowest BCUT2D eigenvalue weighted by Crippen LogP contribution is -2.25.